The summed E-state index contributed by atoms with van der Waals surface area (Å²) in [5.74, 6) is -0.958. The van der Waals surface area contributed by atoms with Crippen LogP contribution in [0.25, 0.3) is 21.5 Å². The quantitative estimate of drug-likeness (QED) is 0.455. The van der Waals surface area contributed by atoms with Crippen LogP contribution in [0.15, 0.2) is 60.9 Å². The molecule has 0 bridgehead atoms. The number of benzene rings is 2. The lowest BCUT2D eigenvalue weighted by molar-refractivity contribution is 0.0989. The van der Waals surface area contributed by atoms with Gasteiger partial charge in [0.05, 0.1) is 0 Å². The lowest BCUT2D eigenvalue weighted by Crippen LogP contribution is -2.13. The second-order valence-corrected chi connectivity index (χ2v) is 7.03. The molecule has 0 unspecified atom stereocenters. The molecule has 2 heterocycles. The molecule has 0 aliphatic rings. The molecule has 2 amide bonds. The van der Waals surface area contributed by atoms with Crippen LogP contribution in [-0.2, 0) is 4.57 Å². The minimum absolute atomic E-state index is 0.0788. The van der Waals surface area contributed by atoms with Gasteiger partial charge in [0.2, 0.25) is 0 Å². The Balaban J connectivity index is 1.59. The highest BCUT2D eigenvalue weighted by molar-refractivity contribution is 7.34. The van der Waals surface area contributed by atoms with E-state index >= 15 is 0 Å². The van der Waals surface area contributed by atoms with Gasteiger partial charge in [-0.1, -0.05) is 12.1 Å². The third-order valence-corrected chi connectivity index (χ3v) is 5.02. The fourth-order valence-corrected chi connectivity index (χ4v) is 3.60. The Hall–Kier alpha value is -4.10. The van der Waals surface area contributed by atoms with Gasteiger partial charge in [0.1, 0.15) is 11.4 Å². The summed E-state index contributed by atoms with van der Waals surface area (Å²) < 4.78 is 23.1. The van der Waals surface area contributed by atoms with E-state index in [9.17, 15) is 14.2 Å². The third kappa shape index (κ3) is 3.74. The molecule has 148 valence electrons. The normalized spacial score (nSPS) is 10.7. The monoisotopic (exact) mass is 421 g/mol. The van der Waals surface area contributed by atoms with E-state index in [4.69, 9.17) is 20.5 Å². The number of rotatable bonds is 6. The zero-order chi connectivity index (χ0) is 21.3. The molecule has 10 heteroatoms. The minimum atomic E-state index is -2.62. The van der Waals surface area contributed by atoms with E-state index in [1.165, 1.54) is 24.5 Å². The third-order valence-electron chi connectivity index (χ3n) is 4.30. The molecule has 0 radical (unpaired) electrons. The molecular formula is C20H14N4O5P+. The summed E-state index contributed by atoms with van der Waals surface area (Å²) in [5, 5.41) is 2.38. The van der Waals surface area contributed by atoms with Gasteiger partial charge in [-0.25, -0.2) is 9.05 Å². The number of nitrogens with two attached hydrogens (primary N) is 2. The first kappa shape index (κ1) is 19.2. The lowest BCUT2D eigenvalue weighted by atomic mass is 10.1. The molecule has 2 aromatic carbocycles. The van der Waals surface area contributed by atoms with Gasteiger partial charge in [0.25, 0.3) is 11.8 Å². The number of carbonyl (C=O) groups excluding carboxylic acids is 2. The summed E-state index contributed by atoms with van der Waals surface area (Å²) in [6.45, 7) is 0. The Morgan fingerprint density at radius 3 is 1.57 bits per heavy atom. The maximum absolute atomic E-state index is 12.4. The molecule has 0 fully saturated rings. The zero-order valence-electron chi connectivity index (χ0n) is 15.3. The Bertz CT molecular complexity index is 1240. The van der Waals surface area contributed by atoms with Gasteiger partial charge < -0.3 is 11.5 Å². The average Bonchev–Trinajstić information content (AvgIpc) is 2.72. The molecule has 0 aliphatic carbocycles. The van der Waals surface area contributed by atoms with Crippen molar-refractivity contribution >= 4 is 41.6 Å². The molecule has 0 aliphatic heterocycles. The molecule has 0 spiro atoms. The van der Waals surface area contributed by atoms with E-state index in [-0.39, 0.29) is 22.9 Å². The molecule has 30 heavy (non-hydrogen) atoms. The van der Waals surface area contributed by atoms with Crippen molar-refractivity contribution < 1.29 is 23.2 Å². The fraction of sp³-hybridized carbons (Fsp3) is 0. The number of primary amides is 2. The van der Waals surface area contributed by atoms with Gasteiger partial charge in [0.15, 0.2) is 11.5 Å². The Labute approximate surface area is 170 Å². The highest BCUT2D eigenvalue weighted by atomic mass is 31.1. The van der Waals surface area contributed by atoms with E-state index in [1.807, 2.05) is 0 Å². The molecule has 0 atom stereocenters. The molecule has 4 rings (SSSR count). The summed E-state index contributed by atoms with van der Waals surface area (Å²) in [4.78, 5) is 31.1. The lowest BCUT2D eigenvalue weighted by Gasteiger charge is -2.03. The number of hydrogen-bond acceptors (Lipinski definition) is 7. The number of hydrogen-bond donors (Lipinski definition) is 2. The first-order valence-corrected chi connectivity index (χ1v) is 9.72. The number of nitrogens with zero attached hydrogens (tertiary/aromatic N) is 2. The Morgan fingerprint density at radius 1 is 0.733 bits per heavy atom. The van der Waals surface area contributed by atoms with Crippen LogP contribution in [0.3, 0.4) is 0 Å². The predicted octanol–water partition coefficient (Wildman–Crippen LogP) is 3.10. The summed E-state index contributed by atoms with van der Waals surface area (Å²) >= 11 is 0. The van der Waals surface area contributed by atoms with Gasteiger partial charge in [-0.05, 0) is 47.2 Å². The van der Waals surface area contributed by atoms with Crippen LogP contribution >= 0.6 is 8.25 Å². The SMILES string of the molecule is NC(=O)c1nccc2ccc(O[P+](=O)Oc3ccc4ccnc(C(N)=O)c4c3)cc12. The predicted molar refractivity (Wildman–Crippen MR) is 109 cm³/mol. The average molecular weight is 421 g/mol. The number of pyridine rings is 2. The van der Waals surface area contributed by atoms with E-state index in [1.54, 1.807) is 36.4 Å². The van der Waals surface area contributed by atoms with Crippen molar-refractivity contribution in [3.05, 3.63) is 72.3 Å². The number of aromatic nitrogens is 2. The van der Waals surface area contributed by atoms with Crippen molar-refractivity contribution in [1.29, 1.82) is 0 Å². The summed E-state index contributed by atoms with van der Waals surface area (Å²) in [5.41, 5.74) is 10.9. The van der Waals surface area contributed by atoms with E-state index in [0.29, 0.717) is 10.8 Å². The summed E-state index contributed by atoms with van der Waals surface area (Å²) in [6.07, 6.45) is 2.95. The fourth-order valence-electron chi connectivity index (χ4n) is 2.99. The second-order valence-electron chi connectivity index (χ2n) is 6.22. The van der Waals surface area contributed by atoms with Crippen molar-refractivity contribution in [2.24, 2.45) is 11.5 Å². The first-order valence-electron chi connectivity index (χ1n) is 8.63. The number of amides is 2. The van der Waals surface area contributed by atoms with Crippen LogP contribution in [0, 0.1) is 0 Å². The number of carbonyl (C=O) groups is 2. The van der Waals surface area contributed by atoms with Gasteiger partial charge in [-0.2, -0.15) is 0 Å². The molecule has 4 aromatic rings. The summed E-state index contributed by atoms with van der Waals surface area (Å²) in [6, 6.07) is 13.0. The van der Waals surface area contributed by atoms with Crippen molar-refractivity contribution in [3.8, 4) is 11.5 Å². The number of fused-ring (bicyclic) bond motifs is 2. The molecule has 4 N–H and O–H groups in total. The zero-order valence-corrected chi connectivity index (χ0v) is 16.2. The topological polar surface area (TPSA) is 147 Å². The first-order chi connectivity index (χ1) is 14.4. The van der Waals surface area contributed by atoms with Gasteiger partial charge in [-0.3, -0.25) is 19.6 Å². The molecule has 0 saturated carbocycles. The van der Waals surface area contributed by atoms with E-state index in [2.05, 4.69) is 9.97 Å². The maximum Gasteiger partial charge on any atom is 0.805 e. The van der Waals surface area contributed by atoms with Crippen molar-refractivity contribution in [2.45, 2.75) is 0 Å². The van der Waals surface area contributed by atoms with Crippen molar-refractivity contribution in [3.63, 3.8) is 0 Å². The molecular weight excluding hydrogens is 407 g/mol. The van der Waals surface area contributed by atoms with Crippen LogP contribution in [0.5, 0.6) is 11.5 Å². The largest absolute Gasteiger partial charge is 0.805 e. The van der Waals surface area contributed by atoms with Crippen LogP contribution < -0.4 is 20.5 Å². The Kier molecular flexibility index (Phi) is 4.95. The summed E-state index contributed by atoms with van der Waals surface area (Å²) in [7, 11) is -2.62. The van der Waals surface area contributed by atoms with Crippen LogP contribution in [0.2, 0.25) is 0 Å². The van der Waals surface area contributed by atoms with Gasteiger partial charge >= 0.3 is 8.25 Å². The van der Waals surface area contributed by atoms with Crippen LogP contribution in [0.1, 0.15) is 21.0 Å². The Morgan fingerprint density at radius 2 is 1.17 bits per heavy atom. The molecule has 2 aromatic heterocycles. The van der Waals surface area contributed by atoms with Gasteiger partial charge in [0, 0.05) is 27.7 Å². The second kappa shape index (κ2) is 7.73. The van der Waals surface area contributed by atoms with Crippen LogP contribution in [0.4, 0.5) is 0 Å². The van der Waals surface area contributed by atoms with Crippen molar-refractivity contribution in [2.75, 3.05) is 0 Å². The maximum atomic E-state index is 12.4. The smallest absolute Gasteiger partial charge is 0.364 e. The van der Waals surface area contributed by atoms with E-state index < -0.39 is 20.1 Å². The van der Waals surface area contributed by atoms with E-state index in [0.717, 1.165) is 10.8 Å². The minimum Gasteiger partial charge on any atom is -0.364 e. The molecule has 9 nitrogen and oxygen atoms in total. The van der Waals surface area contributed by atoms with Crippen LogP contribution in [-0.4, -0.2) is 21.8 Å². The molecule has 0 saturated heterocycles. The standard InChI is InChI=1S/C20H13N4O5P/c21-19(25)17-15-9-13(3-1-11(15)5-7-23-17)28-30(27)29-14-4-2-12-6-8-24-18(20(22)26)16(12)10-14/h1-10H,(H3-,21,22,25,26)/p+1. The van der Waals surface area contributed by atoms with Gasteiger partial charge in [-0.15, -0.1) is 0 Å². The highest BCUT2D eigenvalue weighted by Crippen LogP contribution is 2.34. The van der Waals surface area contributed by atoms with Crippen molar-refractivity contribution in [1.82, 2.24) is 9.97 Å². The highest BCUT2D eigenvalue weighted by Gasteiger charge is 2.25.